The zero-order valence-corrected chi connectivity index (χ0v) is 12.9. The van der Waals surface area contributed by atoms with Crippen molar-refractivity contribution < 1.29 is 0 Å². The number of nitrogens with one attached hydrogen (secondary N) is 2. The molecule has 1 aromatic heterocycles. The topological polar surface area (TPSA) is 54.2 Å². The molecule has 5 nitrogen and oxygen atoms in total. The molecule has 0 saturated heterocycles. The van der Waals surface area contributed by atoms with Crippen LogP contribution in [0.2, 0.25) is 0 Å². The second kappa shape index (κ2) is 7.47. The molecule has 0 radical (unpaired) electrons. The van der Waals surface area contributed by atoms with Gasteiger partial charge in [-0.05, 0) is 25.0 Å². The quantitative estimate of drug-likeness (QED) is 0.648. The number of rotatable bonds is 5. The minimum atomic E-state index is 0.709. The maximum Gasteiger partial charge on any atom is 0.191 e. The van der Waals surface area contributed by atoms with E-state index in [0.717, 1.165) is 24.6 Å². The molecule has 112 valence electrons. The summed E-state index contributed by atoms with van der Waals surface area (Å²) in [4.78, 5) is 4.23. The van der Waals surface area contributed by atoms with Crippen molar-refractivity contribution in [2.45, 2.75) is 19.9 Å². The fourth-order valence-electron chi connectivity index (χ4n) is 2.16. The van der Waals surface area contributed by atoms with E-state index < -0.39 is 0 Å². The van der Waals surface area contributed by atoms with Crippen LogP contribution in [0.4, 0.5) is 0 Å². The van der Waals surface area contributed by atoms with Crippen molar-refractivity contribution in [3.8, 4) is 0 Å². The lowest BCUT2D eigenvalue weighted by molar-refractivity contribution is 0.684. The number of aryl methyl sites for hydroxylation is 2. The van der Waals surface area contributed by atoms with Crippen LogP contribution in [-0.2, 0) is 20.0 Å². The van der Waals surface area contributed by atoms with E-state index in [0.29, 0.717) is 6.54 Å². The van der Waals surface area contributed by atoms with Crippen LogP contribution < -0.4 is 10.6 Å². The average molecular weight is 285 g/mol. The van der Waals surface area contributed by atoms with E-state index in [4.69, 9.17) is 0 Å². The predicted octanol–water partition coefficient (Wildman–Crippen LogP) is 1.64. The molecular formula is C16H23N5. The summed E-state index contributed by atoms with van der Waals surface area (Å²) in [5.74, 6) is 0.809. The van der Waals surface area contributed by atoms with Crippen LogP contribution in [0.1, 0.15) is 16.8 Å². The summed E-state index contributed by atoms with van der Waals surface area (Å²) < 4.78 is 1.85. The molecule has 0 fully saturated rings. The molecule has 5 heteroatoms. The van der Waals surface area contributed by atoms with Crippen molar-refractivity contribution in [2.75, 3.05) is 13.6 Å². The van der Waals surface area contributed by atoms with Gasteiger partial charge in [0.15, 0.2) is 5.96 Å². The fourth-order valence-corrected chi connectivity index (χ4v) is 2.16. The molecule has 0 aliphatic heterocycles. The van der Waals surface area contributed by atoms with Crippen LogP contribution in [0.25, 0.3) is 0 Å². The third-order valence-corrected chi connectivity index (χ3v) is 3.37. The first kappa shape index (κ1) is 15.1. The highest BCUT2D eigenvalue weighted by molar-refractivity contribution is 5.79. The standard InChI is InChI=1S/C16H23N5/c1-13-5-4-6-14(11-13)7-9-18-16(17-2)19-12-15-8-10-20-21(15)3/h4-6,8,10-11H,7,9,12H2,1-3H3,(H2,17,18,19). The maximum atomic E-state index is 4.23. The monoisotopic (exact) mass is 285 g/mol. The Kier molecular flexibility index (Phi) is 5.37. The van der Waals surface area contributed by atoms with E-state index in [-0.39, 0.29) is 0 Å². The highest BCUT2D eigenvalue weighted by Gasteiger charge is 2.01. The molecule has 0 bridgehead atoms. The van der Waals surface area contributed by atoms with Crippen LogP contribution >= 0.6 is 0 Å². The molecule has 0 spiro atoms. The first-order chi connectivity index (χ1) is 10.2. The van der Waals surface area contributed by atoms with E-state index in [1.54, 1.807) is 13.2 Å². The summed E-state index contributed by atoms with van der Waals surface area (Å²) in [6.45, 7) is 3.68. The van der Waals surface area contributed by atoms with Gasteiger partial charge in [-0.2, -0.15) is 5.10 Å². The second-order valence-corrected chi connectivity index (χ2v) is 5.04. The van der Waals surface area contributed by atoms with Crippen molar-refractivity contribution in [3.05, 3.63) is 53.3 Å². The number of hydrogen-bond acceptors (Lipinski definition) is 2. The molecule has 0 saturated carbocycles. The molecule has 1 aromatic carbocycles. The minimum Gasteiger partial charge on any atom is -0.356 e. The number of hydrogen-bond donors (Lipinski definition) is 2. The Labute approximate surface area is 126 Å². The van der Waals surface area contributed by atoms with E-state index in [9.17, 15) is 0 Å². The van der Waals surface area contributed by atoms with Gasteiger partial charge in [0.1, 0.15) is 0 Å². The number of nitrogens with zero attached hydrogens (tertiary/aromatic N) is 3. The largest absolute Gasteiger partial charge is 0.356 e. The summed E-state index contributed by atoms with van der Waals surface area (Å²) in [5.41, 5.74) is 3.76. The highest BCUT2D eigenvalue weighted by atomic mass is 15.3. The number of guanidine groups is 1. The number of aromatic nitrogens is 2. The Morgan fingerprint density at radius 3 is 2.81 bits per heavy atom. The van der Waals surface area contributed by atoms with Gasteiger partial charge in [0.2, 0.25) is 0 Å². The molecule has 1 heterocycles. The molecule has 2 rings (SSSR count). The maximum absolute atomic E-state index is 4.23. The molecule has 0 aliphatic carbocycles. The van der Waals surface area contributed by atoms with Gasteiger partial charge >= 0.3 is 0 Å². The van der Waals surface area contributed by atoms with Crippen LogP contribution in [0.5, 0.6) is 0 Å². The molecular weight excluding hydrogens is 262 g/mol. The summed E-state index contributed by atoms with van der Waals surface area (Å²) >= 11 is 0. The smallest absolute Gasteiger partial charge is 0.191 e. The van der Waals surface area contributed by atoms with Crippen LogP contribution in [-0.4, -0.2) is 29.3 Å². The Balaban J connectivity index is 1.77. The molecule has 0 amide bonds. The molecule has 0 atom stereocenters. The first-order valence-corrected chi connectivity index (χ1v) is 7.16. The Morgan fingerprint density at radius 1 is 1.29 bits per heavy atom. The van der Waals surface area contributed by atoms with Gasteiger partial charge in [0.05, 0.1) is 12.2 Å². The van der Waals surface area contributed by atoms with Crippen LogP contribution in [0, 0.1) is 6.92 Å². The van der Waals surface area contributed by atoms with Crippen molar-refractivity contribution >= 4 is 5.96 Å². The van der Waals surface area contributed by atoms with E-state index in [2.05, 4.69) is 51.9 Å². The zero-order valence-electron chi connectivity index (χ0n) is 12.9. The Bertz CT molecular complexity index is 600. The lowest BCUT2D eigenvalue weighted by Gasteiger charge is -2.12. The van der Waals surface area contributed by atoms with Gasteiger partial charge in [0.25, 0.3) is 0 Å². The Morgan fingerprint density at radius 2 is 2.14 bits per heavy atom. The zero-order chi connectivity index (χ0) is 15.1. The summed E-state index contributed by atoms with van der Waals surface area (Å²) in [5, 5.41) is 10.8. The van der Waals surface area contributed by atoms with E-state index in [1.165, 1.54) is 11.1 Å². The van der Waals surface area contributed by atoms with Gasteiger partial charge in [-0.15, -0.1) is 0 Å². The van der Waals surface area contributed by atoms with Crippen LogP contribution in [0.15, 0.2) is 41.5 Å². The lowest BCUT2D eigenvalue weighted by atomic mass is 10.1. The van der Waals surface area contributed by atoms with Gasteiger partial charge < -0.3 is 10.6 Å². The summed E-state index contributed by atoms with van der Waals surface area (Å²) in [6.07, 6.45) is 2.78. The Hall–Kier alpha value is -2.30. The molecule has 0 unspecified atom stereocenters. The van der Waals surface area contributed by atoms with E-state index in [1.807, 2.05) is 17.8 Å². The second-order valence-electron chi connectivity index (χ2n) is 5.04. The fraction of sp³-hybridized carbons (Fsp3) is 0.375. The summed E-state index contributed by atoms with van der Waals surface area (Å²) in [6, 6.07) is 10.6. The average Bonchev–Trinajstić information content (AvgIpc) is 2.88. The normalized spacial score (nSPS) is 11.5. The van der Waals surface area contributed by atoms with Gasteiger partial charge in [-0.1, -0.05) is 29.8 Å². The van der Waals surface area contributed by atoms with Crippen LogP contribution in [0.3, 0.4) is 0 Å². The van der Waals surface area contributed by atoms with Gasteiger partial charge in [-0.25, -0.2) is 0 Å². The van der Waals surface area contributed by atoms with Gasteiger partial charge in [-0.3, -0.25) is 9.67 Å². The van der Waals surface area contributed by atoms with Crippen molar-refractivity contribution in [3.63, 3.8) is 0 Å². The third kappa shape index (κ3) is 4.63. The number of aliphatic imine (C=N–C) groups is 1. The first-order valence-electron chi connectivity index (χ1n) is 7.16. The molecule has 2 N–H and O–H groups in total. The predicted molar refractivity (Wildman–Crippen MR) is 86.3 cm³/mol. The molecule has 2 aromatic rings. The third-order valence-electron chi connectivity index (χ3n) is 3.37. The highest BCUT2D eigenvalue weighted by Crippen LogP contribution is 2.03. The SMILES string of the molecule is CN=C(NCCc1cccc(C)c1)NCc1ccnn1C. The van der Waals surface area contributed by atoms with E-state index >= 15 is 0 Å². The molecule has 0 aliphatic rings. The van der Waals surface area contributed by atoms with Gasteiger partial charge in [0, 0.05) is 26.8 Å². The minimum absolute atomic E-state index is 0.709. The van der Waals surface area contributed by atoms with Crippen molar-refractivity contribution in [2.24, 2.45) is 12.0 Å². The summed E-state index contributed by atoms with van der Waals surface area (Å²) in [7, 11) is 3.72. The lowest BCUT2D eigenvalue weighted by Crippen LogP contribution is -2.38. The molecule has 21 heavy (non-hydrogen) atoms. The van der Waals surface area contributed by atoms with Crippen molar-refractivity contribution in [1.29, 1.82) is 0 Å². The number of benzene rings is 1. The van der Waals surface area contributed by atoms with Crippen molar-refractivity contribution in [1.82, 2.24) is 20.4 Å².